The first kappa shape index (κ1) is 14.9. The lowest BCUT2D eigenvalue weighted by Crippen LogP contribution is -2.02. The third kappa shape index (κ3) is 2.70. The Balaban J connectivity index is 2.72. The van der Waals surface area contributed by atoms with Crippen molar-refractivity contribution in [1.82, 2.24) is 0 Å². The highest BCUT2D eigenvalue weighted by atomic mass is 16.5. The maximum Gasteiger partial charge on any atom is 0.336 e. The van der Waals surface area contributed by atoms with Crippen molar-refractivity contribution in [2.24, 2.45) is 0 Å². The second kappa shape index (κ2) is 5.87. The fraction of sp³-hybridized carbons (Fsp3) is 0.235. The van der Waals surface area contributed by atoms with E-state index in [4.69, 9.17) is 9.47 Å². The van der Waals surface area contributed by atoms with E-state index in [1.807, 2.05) is 26.0 Å². The fourth-order valence-corrected chi connectivity index (χ4v) is 2.33. The van der Waals surface area contributed by atoms with Crippen molar-refractivity contribution in [3.63, 3.8) is 0 Å². The molecule has 0 spiro atoms. The van der Waals surface area contributed by atoms with E-state index in [0.29, 0.717) is 17.1 Å². The SMILES string of the molecule is COc1ccc(-c2ccc(C)c(C)c2OC)c(C(=O)O)c1. The van der Waals surface area contributed by atoms with Crippen LogP contribution < -0.4 is 9.47 Å². The molecule has 0 amide bonds. The van der Waals surface area contributed by atoms with Crippen LogP contribution in [0.3, 0.4) is 0 Å². The number of methoxy groups -OCH3 is 2. The van der Waals surface area contributed by atoms with Gasteiger partial charge < -0.3 is 14.6 Å². The summed E-state index contributed by atoms with van der Waals surface area (Å²) in [5, 5.41) is 9.44. The maximum absolute atomic E-state index is 11.5. The maximum atomic E-state index is 11.5. The predicted octanol–water partition coefficient (Wildman–Crippen LogP) is 3.69. The standard InChI is InChI=1S/C17H18O4/c1-10-5-7-14(16(21-4)11(10)2)13-8-6-12(20-3)9-15(13)17(18)19/h5-9H,1-4H3,(H,18,19). The summed E-state index contributed by atoms with van der Waals surface area (Å²) in [5.41, 5.74) is 3.67. The molecule has 2 aromatic rings. The summed E-state index contributed by atoms with van der Waals surface area (Å²) >= 11 is 0. The quantitative estimate of drug-likeness (QED) is 0.931. The summed E-state index contributed by atoms with van der Waals surface area (Å²) in [6.45, 7) is 3.95. The Morgan fingerprint density at radius 2 is 1.67 bits per heavy atom. The molecule has 0 aliphatic heterocycles. The number of hydrogen-bond donors (Lipinski definition) is 1. The third-order valence-corrected chi connectivity index (χ3v) is 3.63. The minimum Gasteiger partial charge on any atom is -0.497 e. The van der Waals surface area contributed by atoms with Gasteiger partial charge in [0, 0.05) is 11.1 Å². The monoisotopic (exact) mass is 286 g/mol. The van der Waals surface area contributed by atoms with Gasteiger partial charge in [0.2, 0.25) is 0 Å². The van der Waals surface area contributed by atoms with Gasteiger partial charge in [0.15, 0.2) is 0 Å². The van der Waals surface area contributed by atoms with Crippen LogP contribution in [0, 0.1) is 13.8 Å². The molecule has 4 nitrogen and oxygen atoms in total. The van der Waals surface area contributed by atoms with E-state index in [2.05, 4.69) is 0 Å². The van der Waals surface area contributed by atoms with E-state index in [1.54, 1.807) is 19.2 Å². The molecule has 110 valence electrons. The predicted molar refractivity (Wildman–Crippen MR) is 81.4 cm³/mol. The highest BCUT2D eigenvalue weighted by molar-refractivity contribution is 5.97. The first-order chi connectivity index (χ1) is 9.99. The molecule has 0 heterocycles. The summed E-state index contributed by atoms with van der Waals surface area (Å²) in [7, 11) is 3.10. The molecule has 0 saturated carbocycles. The van der Waals surface area contributed by atoms with Gasteiger partial charge in [-0.25, -0.2) is 4.79 Å². The lowest BCUT2D eigenvalue weighted by atomic mass is 9.95. The second-order valence-corrected chi connectivity index (χ2v) is 4.80. The summed E-state index contributed by atoms with van der Waals surface area (Å²) < 4.78 is 10.6. The molecule has 0 atom stereocenters. The Kier molecular flexibility index (Phi) is 4.17. The molecule has 0 bridgehead atoms. The Hall–Kier alpha value is -2.49. The number of carboxylic acids is 1. The van der Waals surface area contributed by atoms with Crippen LogP contribution in [0.25, 0.3) is 11.1 Å². The Morgan fingerprint density at radius 3 is 2.24 bits per heavy atom. The van der Waals surface area contributed by atoms with Gasteiger partial charge in [-0.2, -0.15) is 0 Å². The van der Waals surface area contributed by atoms with E-state index >= 15 is 0 Å². The topological polar surface area (TPSA) is 55.8 Å². The molecule has 0 aromatic heterocycles. The van der Waals surface area contributed by atoms with Gasteiger partial charge in [-0.1, -0.05) is 12.1 Å². The summed E-state index contributed by atoms with van der Waals surface area (Å²) in [4.78, 5) is 11.5. The number of ether oxygens (including phenoxy) is 2. The van der Waals surface area contributed by atoms with E-state index in [-0.39, 0.29) is 5.56 Å². The molecule has 0 aliphatic rings. The number of benzene rings is 2. The number of hydrogen-bond acceptors (Lipinski definition) is 3. The molecule has 2 aromatic carbocycles. The van der Waals surface area contributed by atoms with Crippen molar-refractivity contribution in [2.75, 3.05) is 14.2 Å². The number of carbonyl (C=O) groups is 1. The Labute approximate surface area is 123 Å². The van der Waals surface area contributed by atoms with Gasteiger partial charge in [0.25, 0.3) is 0 Å². The Morgan fingerprint density at radius 1 is 1.00 bits per heavy atom. The van der Waals surface area contributed by atoms with Gasteiger partial charge in [-0.3, -0.25) is 0 Å². The molecular weight excluding hydrogens is 268 g/mol. The van der Waals surface area contributed by atoms with E-state index < -0.39 is 5.97 Å². The van der Waals surface area contributed by atoms with Crippen LogP contribution in [0.2, 0.25) is 0 Å². The van der Waals surface area contributed by atoms with Crippen molar-refractivity contribution in [3.8, 4) is 22.6 Å². The molecule has 21 heavy (non-hydrogen) atoms. The number of carboxylic acid groups (broad SMARTS) is 1. The molecule has 0 fully saturated rings. The Bertz CT molecular complexity index is 689. The van der Waals surface area contributed by atoms with Gasteiger partial charge >= 0.3 is 5.97 Å². The van der Waals surface area contributed by atoms with Crippen LogP contribution in [0.4, 0.5) is 0 Å². The van der Waals surface area contributed by atoms with E-state index in [9.17, 15) is 9.90 Å². The minimum absolute atomic E-state index is 0.191. The first-order valence-corrected chi connectivity index (χ1v) is 6.55. The summed E-state index contributed by atoms with van der Waals surface area (Å²) in [6, 6.07) is 8.86. The lowest BCUT2D eigenvalue weighted by molar-refractivity contribution is 0.0697. The zero-order valence-electron chi connectivity index (χ0n) is 12.6. The van der Waals surface area contributed by atoms with Crippen LogP contribution in [-0.4, -0.2) is 25.3 Å². The largest absolute Gasteiger partial charge is 0.497 e. The van der Waals surface area contributed by atoms with Crippen molar-refractivity contribution in [1.29, 1.82) is 0 Å². The molecule has 0 saturated heterocycles. The second-order valence-electron chi connectivity index (χ2n) is 4.80. The van der Waals surface area contributed by atoms with Gasteiger partial charge in [-0.05, 0) is 43.2 Å². The lowest BCUT2D eigenvalue weighted by Gasteiger charge is -2.15. The molecular formula is C17H18O4. The van der Waals surface area contributed by atoms with Crippen molar-refractivity contribution in [3.05, 3.63) is 47.0 Å². The van der Waals surface area contributed by atoms with Crippen LogP contribution in [0.15, 0.2) is 30.3 Å². The zero-order valence-corrected chi connectivity index (χ0v) is 12.6. The average molecular weight is 286 g/mol. The van der Waals surface area contributed by atoms with Crippen LogP contribution in [0.1, 0.15) is 21.5 Å². The van der Waals surface area contributed by atoms with Gasteiger partial charge in [0.05, 0.1) is 19.8 Å². The molecule has 0 unspecified atom stereocenters. The molecule has 2 rings (SSSR count). The normalized spacial score (nSPS) is 10.3. The van der Waals surface area contributed by atoms with Crippen molar-refractivity contribution < 1.29 is 19.4 Å². The number of aromatic carboxylic acids is 1. The van der Waals surface area contributed by atoms with Crippen LogP contribution in [0.5, 0.6) is 11.5 Å². The van der Waals surface area contributed by atoms with Crippen LogP contribution >= 0.6 is 0 Å². The fourth-order valence-electron chi connectivity index (χ4n) is 2.33. The average Bonchev–Trinajstić information content (AvgIpc) is 2.49. The molecule has 1 N–H and O–H groups in total. The van der Waals surface area contributed by atoms with Crippen LogP contribution in [-0.2, 0) is 0 Å². The first-order valence-electron chi connectivity index (χ1n) is 6.55. The number of rotatable bonds is 4. The highest BCUT2D eigenvalue weighted by Crippen LogP contribution is 2.37. The minimum atomic E-state index is -0.996. The van der Waals surface area contributed by atoms with E-state index in [1.165, 1.54) is 13.2 Å². The molecule has 4 heteroatoms. The smallest absolute Gasteiger partial charge is 0.336 e. The highest BCUT2D eigenvalue weighted by Gasteiger charge is 2.18. The number of aryl methyl sites for hydroxylation is 1. The third-order valence-electron chi connectivity index (χ3n) is 3.63. The zero-order chi connectivity index (χ0) is 15.6. The summed E-state index contributed by atoms with van der Waals surface area (Å²) in [6.07, 6.45) is 0. The molecule has 0 aliphatic carbocycles. The van der Waals surface area contributed by atoms with Crippen molar-refractivity contribution in [2.45, 2.75) is 13.8 Å². The molecule has 0 radical (unpaired) electrons. The van der Waals surface area contributed by atoms with E-state index in [0.717, 1.165) is 16.7 Å². The van der Waals surface area contributed by atoms with Crippen molar-refractivity contribution >= 4 is 5.97 Å². The summed E-state index contributed by atoms with van der Waals surface area (Å²) in [5.74, 6) is 0.214. The van der Waals surface area contributed by atoms with Gasteiger partial charge in [-0.15, -0.1) is 0 Å². The van der Waals surface area contributed by atoms with Gasteiger partial charge in [0.1, 0.15) is 11.5 Å².